The zero-order valence-corrected chi connectivity index (χ0v) is 15.4. The van der Waals surface area contributed by atoms with E-state index in [4.69, 9.17) is 4.74 Å². The Labute approximate surface area is 137 Å². The SMILES string of the molecule is CCCC(CC)NCCCC(C)CNC(CC)C(=O)OCC. The molecule has 0 fully saturated rings. The second-order valence-corrected chi connectivity index (χ2v) is 6.22. The minimum atomic E-state index is -0.158. The summed E-state index contributed by atoms with van der Waals surface area (Å²) in [6, 6.07) is 0.515. The fourth-order valence-electron chi connectivity index (χ4n) is 2.64. The number of esters is 1. The smallest absolute Gasteiger partial charge is 0.323 e. The highest BCUT2D eigenvalue weighted by molar-refractivity contribution is 5.75. The van der Waals surface area contributed by atoms with Crippen LogP contribution in [0.3, 0.4) is 0 Å². The molecule has 0 saturated carbocycles. The predicted octanol–water partition coefficient (Wildman–Crippen LogP) is 3.50. The lowest BCUT2D eigenvalue weighted by atomic mass is 10.0. The molecule has 0 aliphatic rings. The number of nitrogens with one attached hydrogen (secondary N) is 2. The summed E-state index contributed by atoms with van der Waals surface area (Å²) in [5.41, 5.74) is 0. The molecule has 4 nitrogen and oxygen atoms in total. The Balaban J connectivity index is 3.80. The third kappa shape index (κ3) is 10.2. The summed E-state index contributed by atoms with van der Waals surface area (Å²) in [6.45, 7) is 13.0. The maximum Gasteiger partial charge on any atom is 0.323 e. The molecule has 0 aromatic rings. The Morgan fingerprint density at radius 1 is 1.05 bits per heavy atom. The molecule has 0 aliphatic heterocycles. The van der Waals surface area contributed by atoms with E-state index in [2.05, 4.69) is 31.4 Å². The maximum atomic E-state index is 11.7. The van der Waals surface area contributed by atoms with Crippen LogP contribution < -0.4 is 10.6 Å². The van der Waals surface area contributed by atoms with Gasteiger partial charge in [-0.05, 0) is 58.0 Å². The van der Waals surface area contributed by atoms with E-state index >= 15 is 0 Å². The molecule has 3 atom stereocenters. The molecule has 0 bridgehead atoms. The molecule has 0 amide bonds. The summed E-state index contributed by atoms with van der Waals surface area (Å²) >= 11 is 0. The summed E-state index contributed by atoms with van der Waals surface area (Å²) in [5, 5.41) is 6.98. The van der Waals surface area contributed by atoms with Gasteiger partial charge in [-0.3, -0.25) is 4.79 Å². The Bertz CT molecular complexity index is 272. The molecule has 0 aromatic carbocycles. The average molecular weight is 315 g/mol. The van der Waals surface area contributed by atoms with Gasteiger partial charge in [0.15, 0.2) is 0 Å². The first-order valence-corrected chi connectivity index (χ1v) is 9.22. The fourth-order valence-corrected chi connectivity index (χ4v) is 2.64. The number of carbonyl (C=O) groups excluding carboxylic acids is 1. The van der Waals surface area contributed by atoms with E-state index in [0.717, 1.165) is 19.5 Å². The van der Waals surface area contributed by atoms with Gasteiger partial charge in [-0.25, -0.2) is 0 Å². The van der Waals surface area contributed by atoms with Crippen LogP contribution in [0, 0.1) is 5.92 Å². The van der Waals surface area contributed by atoms with Crippen molar-refractivity contribution in [2.75, 3.05) is 19.7 Å². The van der Waals surface area contributed by atoms with E-state index in [0.29, 0.717) is 18.6 Å². The van der Waals surface area contributed by atoms with Crippen LogP contribution in [0.25, 0.3) is 0 Å². The summed E-state index contributed by atoms with van der Waals surface area (Å²) in [4.78, 5) is 11.7. The molecule has 4 heteroatoms. The van der Waals surface area contributed by atoms with Crippen LogP contribution in [0.4, 0.5) is 0 Å². The van der Waals surface area contributed by atoms with Gasteiger partial charge in [0.25, 0.3) is 0 Å². The number of carbonyl (C=O) groups is 1. The molecule has 0 spiro atoms. The molecule has 0 radical (unpaired) electrons. The topological polar surface area (TPSA) is 50.4 Å². The standard InChI is InChI=1S/C18H38N2O2/c1-6-11-16(7-2)19-13-10-12-15(5)14-20-17(8-3)18(21)22-9-4/h15-17,19-20H,6-14H2,1-5H3. The van der Waals surface area contributed by atoms with Crippen LogP contribution in [-0.4, -0.2) is 37.7 Å². The second-order valence-electron chi connectivity index (χ2n) is 6.22. The van der Waals surface area contributed by atoms with Crippen molar-refractivity contribution in [2.45, 2.75) is 85.2 Å². The molecule has 0 aromatic heterocycles. The minimum absolute atomic E-state index is 0.121. The lowest BCUT2D eigenvalue weighted by Gasteiger charge is -2.20. The highest BCUT2D eigenvalue weighted by Gasteiger charge is 2.17. The van der Waals surface area contributed by atoms with Gasteiger partial charge in [0.2, 0.25) is 0 Å². The van der Waals surface area contributed by atoms with Crippen molar-refractivity contribution in [1.82, 2.24) is 10.6 Å². The molecule has 2 N–H and O–H groups in total. The number of hydrogen-bond acceptors (Lipinski definition) is 4. The zero-order valence-electron chi connectivity index (χ0n) is 15.4. The first-order chi connectivity index (χ1) is 10.6. The van der Waals surface area contributed by atoms with Crippen LogP contribution in [0.2, 0.25) is 0 Å². The number of rotatable bonds is 14. The van der Waals surface area contributed by atoms with Crippen molar-refractivity contribution in [1.29, 1.82) is 0 Å². The van der Waals surface area contributed by atoms with E-state index in [1.165, 1.54) is 32.1 Å². The van der Waals surface area contributed by atoms with Crippen molar-refractivity contribution in [3.05, 3.63) is 0 Å². The molecule has 3 unspecified atom stereocenters. The van der Waals surface area contributed by atoms with Gasteiger partial charge in [0, 0.05) is 6.04 Å². The highest BCUT2D eigenvalue weighted by atomic mass is 16.5. The Kier molecular flexibility index (Phi) is 13.6. The molecule has 0 aliphatic carbocycles. The first-order valence-electron chi connectivity index (χ1n) is 9.22. The lowest BCUT2D eigenvalue weighted by molar-refractivity contribution is -0.145. The fraction of sp³-hybridized carbons (Fsp3) is 0.944. The third-order valence-electron chi connectivity index (χ3n) is 4.13. The number of hydrogen-bond donors (Lipinski definition) is 2. The van der Waals surface area contributed by atoms with Crippen LogP contribution >= 0.6 is 0 Å². The van der Waals surface area contributed by atoms with Gasteiger partial charge in [0.1, 0.15) is 6.04 Å². The summed E-state index contributed by atoms with van der Waals surface area (Å²) in [7, 11) is 0. The summed E-state index contributed by atoms with van der Waals surface area (Å²) in [6.07, 6.45) is 6.88. The van der Waals surface area contributed by atoms with Crippen LogP contribution in [0.5, 0.6) is 0 Å². The van der Waals surface area contributed by atoms with E-state index in [9.17, 15) is 4.79 Å². The highest BCUT2D eigenvalue weighted by Crippen LogP contribution is 2.06. The molecule has 0 rings (SSSR count). The van der Waals surface area contributed by atoms with Gasteiger partial charge in [-0.2, -0.15) is 0 Å². The molecule has 0 heterocycles. The Hall–Kier alpha value is -0.610. The monoisotopic (exact) mass is 314 g/mol. The van der Waals surface area contributed by atoms with E-state index in [1.807, 2.05) is 13.8 Å². The minimum Gasteiger partial charge on any atom is -0.465 e. The molecule has 0 saturated heterocycles. The van der Waals surface area contributed by atoms with Crippen LogP contribution in [0.1, 0.15) is 73.1 Å². The molecule has 22 heavy (non-hydrogen) atoms. The van der Waals surface area contributed by atoms with Crippen molar-refractivity contribution in [2.24, 2.45) is 5.92 Å². The van der Waals surface area contributed by atoms with E-state index < -0.39 is 0 Å². The van der Waals surface area contributed by atoms with Gasteiger partial charge < -0.3 is 15.4 Å². The average Bonchev–Trinajstić information content (AvgIpc) is 2.51. The van der Waals surface area contributed by atoms with Gasteiger partial charge in [-0.1, -0.05) is 34.1 Å². The van der Waals surface area contributed by atoms with Gasteiger partial charge in [-0.15, -0.1) is 0 Å². The molecular formula is C18H38N2O2. The van der Waals surface area contributed by atoms with Crippen molar-refractivity contribution in [3.8, 4) is 0 Å². The number of ether oxygens (including phenoxy) is 1. The summed E-state index contributed by atoms with van der Waals surface area (Å²) < 4.78 is 5.08. The second kappa shape index (κ2) is 14.0. The Morgan fingerprint density at radius 3 is 2.32 bits per heavy atom. The normalized spacial score (nSPS) is 15.3. The third-order valence-corrected chi connectivity index (χ3v) is 4.13. The van der Waals surface area contributed by atoms with Gasteiger partial charge >= 0.3 is 5.97 Å². The van der Waals surface area contributed by atoms with Crippen LogP contribution in [0.15, 0.2) is 0 Å². The zero-order chi connectivity index (χ0) is 16.8. The predicted molar refractivity (Wildman–Crippen MR) is 94.1 cm³/mol. The van der Waals surface area contributed by atoms with Crippen molar-refractivity contribution in [3.63, 3.8) is 0 Å². The Morgan fingerprint density at radius 2 is 1.77 bits per heavy atom. The molecule has 132 valence electrons. The van der Waals surface area contributed by atoms with Gasteiger partial charge in [0.05, 0.1) is 6.61 Å². The largest absolute Gasteiger partial charge is 0.465 e. The van der Waals surface area contributed by atoms with E-state index in [1.54, 1.807) is 0 Å². The maximum absolute atomic E-state index is 11.7. The lowest BCUT2D eigenvalue weighted by Crippen LogP contribution is -2.39. The van der Waals surface area contributed by atoms with E-state index in [-0.39, 0.29) is 12.0 Å². The molecular weight excluding hydrogens is 276 g/mol. The van der Waals surface area contributed by atoms with Crippen LogP contribution in [-0.2, 0) is 9.53 Å². The quantitative estimate of drug-likeness (QED) is 0.380. The van der Waals surface area contributed by atoms with Crippen molar-refractivity contribution < 1.29 is 9.53 Å². The van der Waals surface area contributed by atoms with Crippen molar-refractivity contribution >= 4 is 5.97 Å². The first kappa shape index (κ1) is 21.4. The summed E-state index contributed by atoms with van der Waals surface area (Å²) in [5.74, 6) is 0.459.